The molecule has 0 atom stereocenters. The number of carbonyl (C=O) groups is 1. The van der Waals surface area contributed by atoms with Crippen LogP contribution in [0.5, 0.6) is 0 Å². The molecule has 0 radical (unpaired) electrons. The number of halogens is 2. The third-order valence-electron chi connectivity index (χ3n) is 4.37. The molecule has 1 aromatic heterocycles. The van der Waals surface area contributed by atoms with Crippen molar-refractivity contribution < 1.29 is 13.9 Å². The SMILES string of the molecule is O=C(NCC1(c2cccc(F)c2)CCOCC1)c1cc(Cl)c[nH]1. The lowest BCUT2D eigenvalue weighted by molar-refractivity contribution is 0.0486. The molecule has 6 heteroatoms. The Balaban J connectivity index is 1.78. The van der Waals surface area contributed by atoms with Gasteiger partial charge in [0.1, 0.15) is 11.5 Å². The number of benzene rings is 1. The number of rotatable bonds is 4. The Bertz CT molecular complexity index is 695. The monoisotopic (exact) mass is 336 g/mol. The molecule has 1 aliphatic heterocycles. The van der Waals surface area contributed by atoms with Crippen LogP contribution in [-0.4, -0.2) is 30.6 Å². The molecule has 0 unspecified atom stereocenters. The third-order valence-corrected chi connectivity index (χ3v) is 4.58. The molecule has 2 aromatic rings. The number of hydrogen-bond donors (Lipinski definition) is 2. The van der Waals surface area contributed by atoms with E-state index in [-0.39, 0.29) is 17.1 Å². The summed E-state index contributed by atoms with van der Waals surface area (Å²) < 4.78 is 19.1. The molecular formula is C17H18ClFN2O2. The Morgan fingerprint density at radius 1 is 1.35 bits per heavy atom. The maximum absolute atomic E-state index is 13.6. The summed E-state index contributed by atoms with van der Waals surface area (Å²) in [5, 5.41) is 3.42. The molecule has 1 aliphatic rings. The van der Waals surface area contributed by atoms with Gasteiger partial charge in [0.05, 0.1) is 5.02 Å². The van der Waals surface area contributed by atoms with Crippen molar-refractivity contribution in [3.63, 3.8) is 0 Å². The van der Waals surface area contributed by atoms with Crippen molar-refractivity contribution in [3.05, 3.63) is 58.6 Å². The van der Waals surface area contributed by atoms with Gasteiger partial charge in [-0.05, 0) is 36.6 Å². The summed E-state index contributed by atoms with van der Waals surface area (Å²) in [6.45, 7) is 1.62. The van der Waals surface area contributed by atoms with E-state index in [1.165, 1.54) is 6.07 Å². The highest BCUT2D eigenvalue weighted by atomic mass is 35.5. The fourth-order valence-corrected chi connectivity index (χ4v) is 3.16. The van der Waals surface area contributed by atoms with E-state index >= 15 is 0 Å². The molecule has 4 nitrogen and oxygen atoms in total. The van der Waals surface area contributed by atoms with Crippen molar-refractivity contribution in [2.24, 2.45) is 0 Å². The van der Waals surface area contributed by atoms with E-state index < -0.39 is 0 Å². The first-order chi connectivity index (χ1) is 11.1. The van der Waals surface area contributed by atoms with Gasteiger partial charge in [-0.1, -0.05) is 23.7 Å². The first-order valence-electron chi connectivity index (χ1n) is 7.55. The lowest BCUT2D eigenvalue weighted by Crippen LogP contribution is -2.44. The van der Waals surface area contributed by atoms with Crippen LogP contribution in [0, 0.1) is 5.82 Å². The van der Waals surface area contributed by atoms with Gasteiger partial charge in [-0.2, -0.15) is 0 Å². The van der Waals surface area contributed by atoms with E-state index in [0.29, 0.717) is 30.5 Å². The quantitative estimate of drug-likeness (QED) is 0.900. The lowest BCUT2D eigenvalue weighted by atomic mass is 9.74. The number of hydrogen-bond acceptors (Lipinski definition) is 2. The molecule has 1 fully saturated rings. The summed E-state index contributed by atoms with van der Waals surface area (Å²) >= 11 is 5.82. The molecule has 0 bridgehead atoms. The summed E-state index contributed by atoms with van der Waals surface area (Å²) in [4.78, 5) is 15.1. The standard InChI is InChI=1S/C17H18ClFN2O2/c18-13-9-15(20-10-13)16(22)21-11-17(4-6-23-7-5-17)12-2-1-3-14(19)8-12/h1-3,8-10,20H,4-7,11H2,(H,21,22). The van der Waals surface area contributed by atoms with Crippen LogP contribution in [0.4, 0.5) is 4.39 Å². The van der Waals surface area contributed by atoms with Crippen molar-refractivity contribution in [3.8, 4) is 0 Å². The van der Waals surface area contributed by atoms with Crippen LogP contribution < -0.4 is 5.32 Å². The molecule has 0 saturated carbocycles. The van der Waals surface area contributed by atoms with Crippen molar-refractivity contribution in [2.45, 2.75) is 18.3 Å². The van der Waals surface area contributed by atoms with E-state index in [1.54, 1.807) is 24.4 Å². The number of carbonyl (C=O) groups excluding carboxylic acids is 1. The fraction of sp³-hybridized carbons (Fsp3) is 0.353. The summed E-state index contributed by atoms with van der Waals surface area (Å²) in [7, 11) is 0. The lowest BCUT2D eigenvalue weighted by Gasteiger charge is -2.38. The topological polar surface area (TPSA) is 54.1 Å². The van der Waals surface area contributed by atoms with E-state index in [0.717, 1.165) is 18.4 Å². The van der Waals surface area contributed by atoms with Crippen LogP contribution in [0.15, 0.2) is 36.5 Å². The Hall–Kier alpha value is -1.85. The summed E-state index contributed by atoms with van der Waals surface area (Å²) in [5.74, 6) is -0.491. The normalized spacial score (nSPS) is 17.0. The minimum Gasteiger partial charge on any atom is -0.381 e. The molecule has 0 aliphatic carbocycles. The second kappa shape index (κ2) is 6.72. The number of H-pyrrole nitrogens is 1. The number of ether oxygens (including phenoxy) is 1. The van der Waals surface area contributed by atoms with Gasteiger partial charge in [0, 0.05) is 31.4 Å². The smallest absolute Gasteiger partial charge is 0.267 e. The van der Waals surface area contributed by atoms with Gasteiger partial charge in [-0.3, -0.25) is 4.79 Å². The van der Waals surface area contributed by atoms with Crippen LogP contribution in [-0.2, 0) is 10.2 Å². The molecule has 1 amide bonds. The van der Waals surface area contributed by atoms with Crippen LogP contribution in [0.3, 0.4) is 0 Å². The second-order valence-electron chi connectivity index (χ2n) is 5.82. The van der Waals surface area contributed by atoms with Gasteiger partial charge < -0.3 is 15.0 Å². The molecular weight excluding hydrogens is 319 g/mol. The number of aromatic amines is 1. The molecule has 122 valence electrons. The van der Waals surface area contributed by atoms with Crippen molar-refractivity contribution in [2.75, 3.05) is 19.8 Å². The van der Waals surface area contributed by atoms with Crippen molar-refractivity contribution in [1.29, 1.82) is 0 Å². The molecule has 3 rings (SSSR count). The molecule has 2 N–H and O–H groups in total. The highest BCUT2D eigenvalue weighted by Gasteiger charge is 2.35. The predicted octanol–water partition coefficient (Wildman–Crippen LogP) is 3.29. The highest BCUT2D eigenvalue weighted by molar-refractivity contribution is 6.30. The Morgan fingerprint density at radius 2 is 2.13 bits per heavy atom. The summed E-state index contributed by atoms with van der Waals surface area (Å²) in [5.41, 5.74) is 0.994. The van der Waals surface area contributed by atoms with Crippen LogP contribution in [0.2, 0.25) is 5.02 Å². The second-order valence-corrected chi connectivity index (χ2v) is 6.25. The zero-order valence-electron chi connectivity index (χ0n) is 12.6. The molecule has 2 heterocycles. The first-order valence-corrected chi connectivity index (χ1v) is 7.93. The Morgan fingerprint density at radius 3 is 2.78 bits per heavy atom. The van der Waals surface area contributed by atoms with Gasteiger partial charge in [0.2, 0.25) is 0 Å². The van der Waals surface area contributed by atoms with E-state index in [9.17, 15) is 9.18 Å². The maximum atomic E-state index is 13.6. The zero-order valence-corrected chi connectivity index (χ0v) is 13.3. The average molecular weight is 337 g/mol. The van der Waals surface area contributed by atoms with Crippen molar-refractivity contribution in [1.82, 2.24) is 10.3 Å². The van der Waals surface area contributed by atoms with E-state index in [2.05, 4.69) is 10.3 Å². The fourth-order valence-electron chi connectivity index (χ4n) is 2.99. The largest absolute Gasteiger partial charge is 0.381 e. The predicted molar refractivity (Wildman–Crippen MR) is 86.3 cm³/mol. The minimum absolute atomic E-state index is 0.223. The Kier molecular flexibility index (Phi) is 4.68. The maximum Gasteiger partial charge on any atom is 0.267 e. The molecule has 1 aromatic carbocycles. The van der Waals surface area contributed by atoms with Crippen molar-refractivity contribution >= 4 is 17.5 Å². The van der Waals surface area contributed by atoms with E-state index in [1.807, 2.05) is 6.07 Å². The van der Waals surface area contributed by atoms with Gasteiger partial charge in [-0.25, -0.2) is 4.39 Å². The van der Waals surface area contributed by atoms with Gasteiger partial charge >= 0.3 is 0 Å². The van der Waals surface area contributed by atoms with Crippen LogP contribution in [0.1, 0.15) is 28.9 Å². The number of aromatic nitrogens is 1. The summed E-state index contributed by atoms with van der Waals surface area (Å²) in [6.07, 6.45) is 3.04. The van der Waals surface area contributed by atoms with Crippen LogP contribution >= 0.6 is 11.6 Å². The molecule has 1 saturated heterocycles. The third kappa shape index (κ3) is 3.57. The van der Waals surface area contributed by atoms with E-state index in [4.69, 9.17) is 16.3 Å². The average Bonchev–Trinajstić information content (AvgIpc) is 3.00. The van der Waals surface area contributed by atoms with Gasteiger partial charge in [0.15, 0.2) is 0 Å². The zero-order chi connectivity index (χ0) is 16.3. The minimum atomic E-state index is -0.313. The first kappa shape index (κ1) is 16.0. The highest BCUT2D eigenvalue weighted by Crippen LogP contribution is 2.34. The molecule has 0 spiro atoms. The number of amides is 1. The Labute approximate surface area is 139 Å². The van der Waals surface area contributed by atoms with Gasteiger partial charge in [0.25, 0.3) is 5.91 Å². The summed E-state index contributed by atoms with van der Waals surface area (Å²) in [6, 6.07) is 8.16. The molecule has 23 heavy (non-hydrogen) atoms. The van der Waals surface area contributed by atoms with Gasteiger partial charge in [-0.15, -0.1) is 0 Å². The number of nitrogens with one attached hydrogen (secondary N) is 2. The van der Waals surface area contributed by atoms with Crippen LogP contribution in [0.25, 0.3) is 0 Å².